The van der Waals surface area contributed by atoms with Crippen LogP contribution >= 0.6 is 0 Å². The van der Waals surface area contributed by atoms with Gasteiger partial charge in [-0.3, -0.25) is 0 Å². The van der Waals surface area contributed by atoms with Crippen molar-refractivity contribution in [3.05, 3.63) is 0 Å². The number of piperidine rings is 1. The van der Waals surface area contributed by atoms with E-state index in [4.69, 9.17) is 5.11 Å². The summed E-state index contributed by atoms with van der Waals surface area (Å²) in [6, 6.07) is 0.444. The minimum atomic E-state index is 0.334. The van der Waals surface area contributed by atoms with Crippen LogP contribution in [-0.2, 0) is 0 Å². The smallest absolute Gasteiger partial charge is 0.0587 e. The van der Waals surface area contributed by atoms with Gasteiger partial charge in [0.2, 0.25) is 0 Å². The van der Waals surface area contributed by atoms with Crippen LogP contribution in [0.5, 0.6) is 0 Å². The van der Waals surface area contributed by atoms with Crippen molar-refractivity contribution in [3.8, 4) is 0 Å². The van der Waals surface area contributed by atoms with Gasteiger partial charge in [0.15, 0.2) is 0 Å². The predicted octanol–water partition coefficient (Wildman–Crippen LogP) is 0.613. The molecule has 60 valence electrons. The number of rotatable bonds is 1. The van der Waals surface area contributed by atoms with Crippen molar-refractivity contribution in [3.63, 3.8) is 0 Å². The zero-order valence-corrected chi connectivity index (χ0v) is 6.80. The molecule has 3 unspecified atom stereocenters. The largest absolute Gasteiger partial charge is 0.395 e. The minimum absolute atomic E-state index is 0.334. The van der Waals surface area contributed by atoms with E-state index in [2.05, 4.69) is 5.32 Å². The Morgan fingerprint density at radius 2 is 2.20 bits per heavy atom. The van der Waals surface area contributed by atoms with Gasteiger partial charge in [0.25, 0.3) is 0 Å². The molecule has 0 radical (unpaired) electrons. The van der Waals surface area contributed by atoms with Gasteiger partial charge >= 0.3 is 0 Å². The van der Waals surface area contributed by atoms with Gasteiger partial charge in [-0.2, -0.15) is 0 Å². The maximum Gasteiger partial charge on any atom is 0.0587 e. The minimum Gasteiger partial charge on any atom is -0.395 e. The second-order valence-corrected chi connectivity index (χ2v) is 2.86. The predicted molar refractivity (Wildman–Crippen MR) is 41.8 cm³/mol. The third-order valence-corrected chi connectivity index (χ3v) is 2.33. The Hall–Kier alpha value is -0.0800. The van der Waals surface area contributed by atoms with Gasteiger partial charge in [0, 0.05) is 6.04 Å². The third kappa shape index (κ3) is 1.32. The van der Waals surface area contributed by atoms with Crippen molar-refractivity contribution in [2.75, 3.05) is 13.2 Å². The Kier molecular flexibility index (Phi) is 2.69. The molecule has 1 saturated carbocycles. The zero-order valence-electron chi connectivity index (χ0n) is 6.80. The second kappa shape index (κ2) is 3.35. The highest BCUT2D eigenvalue weighted by molar-refractivity contribution is 5.01. The van der Waals surface area contributed by atoms with Crippen molar-refractivity contribution in [2.24, 2.45) is 11.8 Å². The van der Waals surface area contributed by atoms with Crippen LogP contribution in [0.25, 0.3) is 0 Å². The normalized spacial score (nSPS) is 41.7. The Morgan fingerprint density at radius 3 is 2.40 bits per heavy atom. The Bertz CT molecular complexity index is 105. The third-order valence-electron chi connectivity index (χ3n) is 2.33. The van der Waals surface area contributed by atoms with Crippen LogP contribution in [-0.4, -0.2) is 24.3 Å². The molecule has 2 fully saturated rings. The molecule has 2 N–H and O–H groups in total. The molecule has 10 heavy (non-hydrogen) atoms. The fraction of sp³-hybridized carbons (Fsp3) is 1.00. The number of nitrogens with one attached hydrogen (secondary N) is 1. The quantitative estimate of drug-likeness (QED) is 0.564. The highest BCUT2D eigenvalue weighted by atomic mass is 16.3. The zero-order chi connectivity index (χ0) is 7.56. The SMILES string of the molecule is CC.OCC1NCC2CC21. The first kappa shape index (κ1) is 8.02. The highest BCUT2D eigenvalue weighted by Crippen LogP contribution is 2.44. The first-order chi connectivity index (χ1) is 4.92. The molecule has 2 aliphatic rings. The van der Waals surface area contributed by atoms with Crippen LogP contribution < -0.4 is 5.32 Å². The molecule has 1 aliphatic carbocycles. The number of aliphatic hydroxyl groups excluding tert-OH is 1. The summed E-state index contributed by atoms with van der Waals surface area (Å²) in [5.41, 5.74) is 0. The molecular formula is C8H17NO. The molecule has 0 aromatic rings. The molecule has 1 saturated heterocycles. The van der Waals surface area contributed by atoms with Gasteiger partial charge in [0.1, 0.15) is 0 Å². The number of hydrogen-bond donors (Lipinski definition) is 2. The molecule has 0 amide bonds. The summed E-state index contributed by atoms with van der Waals surface area (Å²) < 4.78 is 0. The molecular weight excluding hydrogens is 126 g/mol. The van der Waals surface area contributed by atoms with E-state index in [1.54, 1.807) is 0 Å². The van der Waals surface area contributed by atoms with Crippen LogP contribution in [0.4, 0.5) is 0 Å². The summed E-state index contributed by atoms with van der Waals surface area (Å²) in [4.78, 5) is 0. The van der Waals surface area contributed by atoms with Crippen LogP contribution in [0.2, 0.25) is 0 Å². The topological polar surface area (TPSA) is 32.3 Å². The van der Waals surface area contributed by atoms with E-state index in [9.17, 15) is 0 Å². The van der Waals surface area contributed by atoms with Crippen LogP contribution in [0.3, 0.4) is 0 Å². The summed E-state index contributed by atoms with van der Waals surface area (Å²) in [7, 11) is 0. The first-order valence-electron chi connectivity index (χ1n) is 4.26. The molecule has 2 nitrogen and oxygen atoms in total. The number of fused-ring (bicyclic) bond motifs is 1. The molecule has 0 aromatic carbocycles. The maximum absolute atomic E-state index is 8.70. The molecule has 3 atom stereocenters. The molecule has 2 heteroatoms. The van der Waals surface area contributed by atoms with Crippen LogP contribution in [0.15, 0.2) is 0 Å². The first-order valence-corrected chi connectivity index (χ1v) is 4.26. The molecule has 2 rings (SSSR count). The lowest BCUT2D eigenvalue weighted by molar-refractivity contribution is 0.242. The lowest BCUT2D eigenvalue weighted by atomic mass is 10.2. The summed E-state index contributed by atoms with van der Waals surface area (Å²) >= 11 is 0. The number of hydrogen-bond acceptors (Lipinski definition) is 2. The van der Waals surface area contributed by atoms with E-state index in [1.807, 2.05) is 13.8 Å². The van der Waals surface area contributed by atoms with Gasteiger partial charge in [-0.1, -0.05) is 13.8 Å². The monoisotopic (exact) mass is 143 g/mol. The molecule has 1 aliphatic heterocycles. The van der Waals surface area contributed by atoms with E-state index in [0.717, 1.165) is 18.4 Å². The molecule has 0 spiro atoms. The second-order valence-electron chi connectivity index (χ2n) is 2.86. The Balaban J connectivity index is 0.000000231. The van der Waals surface area contributed by atoms with E-state index < -0.39 is 0 Å². The molecule has 0 bridgehead atoms. The highest BCUT2D eigenvalue weighted by Gasteiger charge is 2.47. The lowest BCUT2D eigenvalue weighted by Gasteiger charge is -2.06. The summed E-state index contributed by atoms with van der Waals surface area (Å²) in [5.74, 6) is 1.76. The van der Waals surface area contributed by atoms with Crippen LogP contribution in [0, 0.1) is 11.8 Å². The van der Waals surface area contributed by atoms with Crippen LogP contribution in [0.1, 0.15) is 20.3 Å². The molecule has 1 heterocycles. The van der Waals surface area contributed by atoms with Crippen molar-refractivity contribution < 1.29 is 5.11 Å². The standard InChI is InChI=1S/C6H11NO.C2H6/c8-3-6-5-1-4(5)2-7-6;1-2/h4-8H,1-3H2;1-2H3. The van der Waals surface area contributed by atoms with E-state index >= 15 is 0 Å². The number of aliphatic hydroxyl groups is 1. The van der Waals surface area contributed by atoms with E-state index in [-0.39, 0.29) is 0 Å². The fourth-order valence-corrected chi connectivity index (χ4v) is 1.65. The van der Waals surface area contributed by atoms with Gasteiger partial charge in [-0.05, 0) is 24.8 Å². The summed E-state index contributed by atoms with van der Waals surface area (Å²) in [5, 5.41) is 12.0. The lowest BCUT2D eigenvalue weighted by Crippen LogP contribution is -2.29. The van der Waals surface area contributed by atoms with Crippen molar-refractivity contribution in [1.82, 2.24) is 5.32 Å². The van der Waals surface area contributed by atoms with Gasteiger partial charge in [0.05, 0.1) is 6.61 Å². The summed E-state index contributed by atoms with van der Waals surface area (Å²) in [6.45, 7) is 5.48. The van der Waals surface area contributed by atoms with Crippen molar-refractivity contribution in [1.29, 1.82) is 0 Å². The van der Waals surface area contributed by atoms with Crippen molar-refractivity contribution >= 4 is 0 Å². The average molecular weight is 143 g/mol. The van der Waals surface area contributed by atoms with E-state index in [1.165, 1.54) is 6.42 Å². The van der Waals surface area contributed by atoms with Gasteiger partial charge in [-0.25, -0.2) is 0 Å². The summed E-state index contributed by atoms with van der Waals surface area (Å²) in [6.07, 6.45) is 1.36. The maximum atomic E-state index is 8.70. The van der Waals surface area contributed by atoms with Gasteiger partial charge in [-0.15, -0.1) is 0 Å². The van der Waals surface area contributed by atoms with Crippen molar-refractivity contribution in [2.45, 2.75) is 26.3 Å². The Labute approximate surface area is 62.6 Å². The van der Waals surface area contributed by atoms with E-state index in [0.29, 0.717) is 12.6 Å². The fourth-order valence-electron chi connectivity index (χ4n) is 1.65. The van der Waals surface area contributed by atoms with Gasteiger partial charge < -0.3 is 10.4 Å². The Morgan fingerprint density at radius 1 is 1.50 bits per heavy atom. The molecule has 0 aromatic heterocycles. The average Bonchev–Trinajstić information content (AvgIpc) is 2.68.